The Kier molecular flexibility index (Phi) is 3.86. The van der Waals surface area contributed by atoms with Gasteiger partial charge in [-0.05, 0) is 44.5 Å². The molecule has 0 saturated carbocycles. The average molecular weight is 207 g/mol. The molecule has 0 aliphatic carbocycles. The van der Waals surface area contributed by atoms with Crippen LogP contribution in [0.25, 0.3) is 0 Å². The molecule has 0 aliphatic rings. The highest BCUT2D eigenvalue weighted by molar-refractivity contribution is 5.97. The van der Waals surface area contributed by atoms with E-state index in [0.717, 1.165) is 5.56 Å². The van der Waals surface area contributed by atoms with Crippen LogP contribution in [0.3, 0.4) is 0 Å². The first-order valence-electron chi connectivity index (χ1n) is 5.01. The molecule has 0 aromatic heterocycles. The predicted octanol–water partition coefficient (Wildman–Crippen LogP) is 2.18. The molecule has 1 rings (SSSR count). The number of hydrogen-bond donors (Lipinski definition) is 1. The number of carbonyl (C=O) groups excluding carboxylic acids is 1. The first-order chi connectivity index (χ1) is 7.00. The van der Waals surface area contributed by atoms with Crippen LogP contribution in [-0.4, -0.2) is 18.5 Å². The number of ether oxygens (including phenoxy) is 1. The van der Waals surface area contributed by atoms with Crippen molar-refractivity contribution >= 4 is 11.5 Å². The Morgan fingerprint density at radius 3 is 2.67 bits per heavy atom. The number of benzene rings is 1. The van der Waals surface area contributed by atoms with Crippen molar-refractivity contribution in [2.45, 2.75) is 26.9 Å². The van der Waals surface area contributed by atoms with Gasteiger partial charge in [-0.15, -0.1) is 0 Å². The van der Waals surface area contributed by atoms with Crippen LogP contribution in [0.15, 0.2) is 18.2 Å². The van der Waals surface area contributed by atoms with E-state index in [0.29, 0.717) is 11.3 Å². The molecule has 0 atom stereocenters. The maximum absolute atomic E-state index is 11.6. The van der Waals surface area contributed by atoms with Gasteiger partial charge in [-0.1, -0.05) is 0 Å². The van der Waals surface area contributed by atoms with E-state index in [-0.39, 0.29) is 18.5 Å². The van der Waals surface area contributed by atoms with Gasteiger partial charge in [-0.2, -0.15) is 0 Å². The Morgan fingerprint density at radius 1 is 1.47 bits per heavy atom. The Balaban J connectivity index is 2.70. The Hall–Kier alpha value is -1.35. The minimum absolute atomic E-state index is 0.00759. The lowest BCUT2D eigenvalue weighted by Gasteiger charge is -2.07. The van der Waals surface area contributed by atoms with Gasteiger partial charge in [-0.25, -0.2) is 0 Å². The molecule has 3 heteroatoms. The molecule has 3 nitrogen and oxygen atoms in total. The molecule has 0 unspecified atom stereocenters. The second-order valence-corrected chi connectivity index (χ2v) is 3.85. The van der Waals surface area contributed by atoms with Crippen molar-refractivity contribution < 1.29 is 9.53 Å². The normalized spacial score (nSPS) is 10.7. The van der Waals surface area contributed by atoms with Crippen LogP contribution in [0.2, 0.25) is 0 Å². The Bertz CT molecular complexity index is 359. The van der Waals surface area contributed by atoms with Crippen LogP contribution in [0.1, 0.15) is 29.8 Å². The summed E-state index contributed by atoms with van der Waals surface area (Å²) in [5, 5.41) is 0. The van der Waals surface area contributed by atoms with Gasteiger partial charge in [0.25, 0.3) is 0 Å². The first-order valence-corrected chi connectivity index (χ1v) is 5.01. The summed E-state index contributed by atoms with van der Waals surface area (Å²) in [5.74, 6) is -0.00759. The number of hydrogen-bond acceptors (Lipinski definition) is 3. The molecular formula is C12H17NO2. The number of Topliss-reactive ketones (excluding diaryl/α,β-unsaturated/α-hetero) is 1. The van der Waals surface area contributed by atoms with Crippen LogP contribution in [-0.2, 0) is 4.74 Å². The molecule has 0 fully saturated rings. The van der Waals surface area contributed by atoms with E-state index < -0.39 is 0 Å². The topological polar surface area (TPSA) is 52.3 Å². The molecule has 0 saturated heterocycles. The number of aryl methyl sites for hydroxylation is 1. The Morgan fingerprint density at radius 2 is 2.13 bits per heavy atom. The summed E-state index contributed by atoms with van der Waals surface area (Å²) in [6.07, 6.45) is 0.0730. The molecule has 0 aliphatic heterocycles. The summed E-state index contributed by atoms with van der Waals surface area (Å²) >= 11 is 0. The number of nitrogens with two attached hydrogens (primary N) is 1. The van der Waals surface area contributed by atoms with E-state index in [1.54, 1.807) is 18.2 Å². The summed E-state index contributed by atoms with van der Waals surface area (Å²) in [5.41, 5.74) is 7.95. The largest absolute Gasteiger partial charge is 0.399 e. The van der Waals surface area contributed by atoms with Gasteiger partial charge in [0.1, 0.15) is 6.61 Å². The van der Waals surface area contributed by atoms with E-state index in [4.69, 9.17) is 10.5 Å². The predicted molar refractivity (Wildman–Crippen MR) is 61.0 cm³/mol. The molecular weight excluding hydrogens is 190 g/mol. The molecule has 0 heterocycles. The van der Waals surface area contributed by atoms with E-state index >= 15 is 0 Å². The van der Waals surface area contributed by atoms with Gasteiger partial charge in [-0.3, -0.25) is 4.79 Å². The lowest BCUT2D eigenvalue weighted by atomic mass is 10.1. The second-order valence-electron chi connectivity index (χ2n) is 3.85. The lowest BCUT2D eigenvalue weighted by Crippen LogP contribution is -2.13. The highest BCUT2D eigenvalue weighted by Gasteiger charge is 2.07. The third-order valence-electron chi connectivity index (χ3n) is 2.14. The molecule has 0 radical (unpaired) electrons. The lowest BCUT2D eigenvalue weighted by molar-refractivity contribution is 0.0585. The maximum Gasteiger partial charge on any atom is 0.188 e. The van der Waals surface area contributed by atoms with Crippen molar-refractivity contribution in [1.29, 1.82) is 0 Å². The molecule has 1 aromatic rings. The first kappa shape index (κ1) is 11.7. The standard InChI is InChI=1S/C12H17NO2/c1-8(2)15-7-12(14)10-4-5-11(13)9(3)6-10/h4-6,8H,7,13H2,1-3H3. The van der Waals surface area contributed by atoms with E-state index in [2.05, 4.69) is 0 Å². The summed E-state index contributed by atoms with van der Waals surface area (Å²) in [7, 11) is 0. The van der Waals surface area contributed by atoms with Gasteiger partial charge in [0.15, 0.2) is 5.78 Å². The van der Waals surface area contributed by atoms with Crippen LogP contribution >= 0.6 is 0 Å². The average Bonchev–Trinajstić information content (AvgIpc) is 2.18. The van der Waals surface area contributed by atoms with E-state index in [1.807, 2.05) is 20.8 Å². The van der Waals surface area contributed by atoms with Crippen molar-refractivity contribution in [1.82, 2.24) is 0 Å². The summed E-state index contributed by atoms with van der Waals surface area (Å²) < 4.78 is 5.25. The Labute approximate surface area is 90.2 Å². The smallest absolute Gasteiger partial charge is 0.188 e. The summed E-state index contributed by atoms with van der Waals surface area (Å²) in [6.45, 7) is 5.82. The molecule has 15 heavy (non-hydrogen) atoms. The summed E-state index contributed by atoms with van der Waals surface area (Å²) in [4.78, 5) is 11.6. The highest BCUT2D eigenvalue weighted by Crippen LogP contribution is 2.13. The fourth-order valence-corrected chi connectivity index (χ4v) is 1.17. The van der Waals surface area contributed by atoms with Crippen LogP contribution < -0.4 is 5.73 Å². The molecule has 0 amide bonds. The minimum Gasteiger partial charge on any atom is -0.399 e. The van der Waals surface area contributed by atoms with Gasteiger partial charge < -0.3 is 10.5 Å². The minimum atomic E-state index is -0.00759. The number of rotatable bonds is 4. The molecule has 1 aromatic carbocycles. The van der Waals surface area contributed by atoms with Gasteiger partial charge in [0.2, 0.25) is 0 Å². The van der Waals surface area contributed by atoms with Crippen molar-refractivity contribution in [3.8, 4) is 0 Å². The fourth-order valence-electron chi connectivity index (χ4n) is 1.17. The van der Waals surface area contributed by atoms with Crippen LogP contribution in [0.4, 0.5) is 5.69 Å². The van der Waals surface area contributed by atoms with E-state index in [1.165, 1.54) is 0 Å². The van der Waals surface area contributed by atoms with Gasteiger partial charge >= 0.3 is 0 Å². The maximum atomic E-state index is 11.6. The van der Waals surface area contributed by atoms with Crippen molar-refractivity contribution in [3.63, 3.8) is 0 Å². The third kappa shape index (κ3) is 3.36. The van der Waals surface area contributed by atoms with Gasteiger partial charge in [0.05, 0.1) is 6.10 Å². The third-order valence-corrected chi connectivity index (χ3v) is 2.14. The molecule has 0 spiro atoms. The molecule has 0 bridgehead atoms. The monoisotopic (exact) mass is 207 g/mol. The zero-order valence-corrected chi connectivity index (χ0v) is 9.41. The number of nitrogen functional groups attached to an aromatic ring is 1. The molecule has 82 valence electrons. The number of ketones is 1. The summed E-state index contributed by atoms with van der Waals surface area (Å²) in [6, 6.07) is 5.27. The molecule has 2 N–H and O–H groups in total. The quantitative estimate of drug-likeness (QED) is 0.608. The second kappa shape index (κ2) is 4.94. The van der Waals surface area contributed by atoms with Crippen molar-refractivity contribution in [3.05, 3.63) is 29.3 Å². The van der Waals surface area contributed by atoms with Gasteiger partial charge in [0, 0.05) is 11.3 Å². The SMILES string of the molecule is Cc1cc(C(=O)COC(C)C)ccc1N. The number of carbonyl (C=O) groups is 1. The van der Waals surface area contributed by atoms with Crippen molar-refractivity contribution in [2.75, 3.05) is 12.3 Å². The van der Waals surface area contributed by atoms with Crippen LogP contribution in [0.5, 0.6) is 0 Å². The van der Waals surface area contributed by atoms with Crippen molar-refractivity contribution in [2.24, 2.45) is 0 Å². The van der Waals surface area contributed by atoms with E-state index in [9.17, 15) is 4.79 Å². The fraction of sp³-hybridized carbons (Fsp3) is 0.417. The zero-order valence-electron chi connectivity index (χ0n) is 9.41. The van der Waals surface area contributed by atoms with Crippen LogP contribution in [0, 0.1) is 6.92 Å². The number of anilines is 1. The zero-order chi connectivity index (χ0) is 11.4. The highest BCUT2D eigenvalue weighted by atomic mass is 16.5.